The molecule has 1 fully saturated rings. The zero-order valence-corrected chi connectivity index (χ0v) is 12.4. The van der Waals surface area contributed by atoms with Crippen LogP contribution in [0.2, 0.25) is 4.55 Å². The summed E-state index contributed by atoms with van der Waals surface area (Å²) in [4.78, 5) is 0. The summed E-state index contributed by atoms with van der Waals surface area (Å²) in [6.07, 6.45) is 10.1. The Morgan fingerprint density at radius 2 is 1.94 bits per heavy atom. The maximum absolute atomic E-state index is 5.76. The number of hydrogen-bond donors (Lipinski definition) is 0. The number of rotatable bonds is 9. The van der Waals surface area contributed by atoms with Crippen molar-refractivity contribution < 1.29 is 9.47 Å². The van der Waals surface area contributed by atoms with Crippen LogP contribution in [-0.4, -0.2) is 38.8 Å². The van der Waals surface area contributed by atoms with Gasteiger partial charge in [0.1, 0.15) is 0 Å². The van der Waals surface area contributed by atoms with Crippen molar-refractivity contribution in [3.05, 3.63) is 0 Å². The molecule has 0 N–H and O–H groups in total. The largest absolute Gasteiger partial charge is 0.501 e. The molecule has 16 heavy (non-hydrogen) atoms. The third kappa shape index (κ3) is 8.12. The molecule has 1 unspecified atom stereocenters. The van der Waals surface area contributed by atoms with Crippen LogP contribution in [0, 0.1) is 0 Å². The highest BCUT2D eigenvalue weighted by Crippen LogP contribution is 2.14. The van der Waals surface area contributed by atoms with Crippen molar-refractivity contribution in [3.63, 3.8) is 0 Å². The van der Waals surface area contributed by atoms with Crippen LogP contribution in [0.5, 0.6) is 0 Å². The van der Waals surface area contributed by atoms with Crippen molar-refractivity contribution in [1.82, 2.24) is 0 Å². The number of unbranched alkanes of at least 4 members (excludes halogenated alkanes) is 4. The van der Waals surface area contributed by atoms with Crippen LogP contribution >= 0.6 is 9.07 Å². The topological polar surface area (TPSA) is 18.5 Å². The molecule has 1 heterocycles. The highest BCUT2D eigenvalue weighted by atomic mass is 35.5. The second-order valence-electron chi connectivity index (χ2n) is 4.48. The molecule has 0 saturated carbocycles. The molecule has 1 saturated heterocycles. The van der Waals surface area contributed by atoms with E-state index in [1.807, 2.05) is 0 Å². The van der Waals surface area contributed by atoms with E-state index >= 15 is 0 Å². The molecule has 0 bridgehead atoms. The van der Waals surface area contributed by atoms with Gasteiger partial charge in [0, 0.05) is 13.2 Å². The fraction of sp³-hybridized carbons (Fsp3) is 1.00. The second kappa shape index (κ2) is 11.1. The van der Waals surface area contributed by atoms with E-state index in [-0.39, 0.29) is 25.6 Å². The highest BCUT2D eigenvalue weighted by Gasteiger charge is 2.13. The summed E-state index contributed by atoms with van der Waals surface area (Å²) in [5, 5.41) is 0. The Balaban J connectivity index is 1.77. The lowest BCUT2D eigenvalue weighted by Gasteiger charge is -2.22. The molecular formula is C12H23ClMgO2. The second-order valence-corrected chi connectivity index (χ2v) is 6.70. The molecule has 1 aliphatic heterocycles. The van der Waals surface area contributed by atoms with E-state index < -0.39 is 0 Å². The molecule has 0 amide bonds. The van der Waals surface area contributed by atoms with Gasteiger partial charge in [-0.25, -0.2) is 0 Å². The van der Waals surface area contributed by atoms with Crippen LogP contribution in [0.1, 0.15) is 51.4 Å². The van der Waals surface area contributed by atoms with E-state index in [9.17, 15) is 0 Å². The van der Waals surface area contributed by atoms with E-state index in [1.165, 1.54) is 49.5 Å². The molecule has 0 aromatic carbocycles. The molecular weight excluding hydrogens is 236 g/mol. The van der Waals surface area contributed by atoms with Crippen LogP contribution in [-0.2, 0) is 9.47 Å². The van der Waals surface area contributed by atoms with E-state index in [0.717, 1.165) is 19.6 Å². The van der Waals surface area contributed by atoms with Gasteiger partial charge < -0.3 is 18.5 Å². The van der Waals surface area contributed by atoms with Gasteiger partial charge in [-0.05, 0) is 25.7 Å². The quantitative estimate of drug-likeness (QED) is 0.463. The summed E-state index contributed by atoms with van der Waals surface area (Å²) in [7, 11) is 5.76. The normalized spacial score (nSPS) is 20.7. The first-order valence-electron chi connectivity index (χ1n) is 6.72. The van der Waals surface area contributed by atoms with Crippen molar-refractivity contribution in [3.8, 4) is 0 Å². The fourth-order valence-corrected chi connectivity index (χ4v) is 3.07. The number of hydrogen-bond acceptors (Lipinski definition) is 2. The first kappa shape index (κ1) is 15.0. The van der Waals surface area contributed by atoms with Crippen molar-refractivity contribution >= 4 is 28.3 Å². The predicted octanol–water partition coefficient (Wildman–Crippen LogP) is 3.76. The summed E-state index contributed by atoms with van der Waals surface area (Å²) >= 11 is -0.212. The molecule has 92 valence electrons. The van der Waals surface area contributed by atoms with Crippen molar-refractivity contribution in [1.29, 1.82) is 0 Å². The van der Waals surface area contributed by atoms with E-state index in [4.69, 9.17) is 18.5 Å². The minimum atomic E-state index is -0.212. The first-order valence-corrected chi connectivity index (χ1v) is 9.86. The average Bonchev–Trinajstić information content (AvgIpc) is 2.34. The Labute approximate surface area is 113 Å². The zero-order chi connectivity index (χ0) is 11.5. The highest BCUT2D eigenvalue weighted by molar-refractivity contribution is 6.93. The molecule has 0 aromatic heterocycles. The minimum absolute atomic E-state index is 0.0935. The predicted molar refractivity (Wildman–Crippen MR) is 69.0 cm³/mol. The molecule has 0 radical (unpaired) electrons. The van der Waals surface area contributed by atoms with Crippen LogP contribution in [0.4, 0.5) is 0 Å². The molecule has 1 rings (SSSR count). The van der Waals surface area contributed by atoms with Crippen LogP contribution < -0.4 is 0 Å². The zero-order valence-electron chi connectivity index (χ0n) is 10.3. The molecule has 0 spiro atoms. The molecule has 4 heteroatoms. The van der Waals surface area contributed by atoms with Crippen molar-refractivity contribution in [2.75, 3.05) is 13.2 Å². The standard InChI is InChI=1S/C12H23O2.ClH.Mg/c1-2-3-4-5-7-10-13-12-9-6-8-11-14-12;;/h12H,1-11H2;1H;/q;;+1/p-1. The summed E-state index contributed by atoms with van der Waals surface area (Å²) < 4.78 is 12.5. The lowest BCUT2D eigenvalue weighted by atomic mass is 10.1. The number of halogens is 1. The maximum atomic E-state index is 5.76. The lowest BCUT2D eigenvalue weighted by Crippen LogP contribution is -2.22. The fourth-order valence-electron chi connectivity index (χ4n) is 1.96. The van der Waals surface area contributed by atoms with Gasteiger partial charge in [0.25, 0.3) is 0 Å². The Bertz CT molecular complexity index is 152. The smallest absolute Gasteiger partial charge is 0.353 e. The van der Waals surface area contributed by atoms with Gasteiger partial charge in [0.2, 0.25) is 0 Å². The van der Waals surface area contributed by atoms with Gasteiger partial charge >= 0.3 is 19.3 Å². The summed E-state index contributed by atoms with van der Waals surface area (Å²) in [5.74, 6) is 0. The summed E-state index contributed by atoms with van der Waals surface area (Å²) in [5.41, 5.74) is 0. The van der Waals surface area contributed by atoms with Gasteiger partial charge in [0.15, 0.2) is 6.29 Å². The van der Waals surface area contributed by atoms with Crippen molar-refractivity contribution in [2.24, 2.45) is 0 Å². The van der Waals surface area contributed by atoms with Crippen molar-refractivity contribution in [2.45, 2.75) is 62.2 Å². The third-order valence-electron chi connectivity index (χ3n) is 2.97. The third-order valence-corrected chi connectivity index (χ3v) is 4.54. The average molecular weight is 259 g/mol. The van der Waals surface area contributed by atoms with Crippen LogP contribution in [0.3, 0.4) is 0 Å². The molecule has 0 aromatic rings. The molecule has 2 nitrogen and oxygen atoms in total. The van der Waals surface area contributed by atoms with Gasteiger partial charge in [-0.3, -0.25) is 0 Å². The molecule has 1 aliphatic rings. The lowest BCUT2D eigenvalue weighted by molar-refractivity contribution is -0.162. The SMILES string of the molecule is [Cl][Mg][CH2]CCCCCCOC1CCCCO1. The van der Waals surface area contributed by atoms with Crippen LogP contribution in [0.25, 0.3) is 0 Å². The van der Waals surface area contributed by atoms with E-state index in [1.54, 1.807) is 0 Å². The Kier molecular flexibility index (Phi) is 10.4. The number of ether oxygens (including phenoxy) is 2. The maximum Gasteiger partial charge on any atom is 0.501 e. The summed E-state index contributed by atoms with van der Waals surface area (Å²) in [6.45, 7) is 1.75. The Morgan fingerprint density at radius 1 is 1.12 bits per heavy atom. The first-order chi connectivity index (χ1) is 7.93. The Hall–Kier alpha value is 0.976. The molecule has 1 atom stereocenters. The van der Waals surface area contributed by atoms with Crippen LogP contribution in [0.15, 0.2) is 0 Å². The van der Waals surface area contributed by atoms with E-state index in [0.29, 0.717) is 0 Å². The van der Waals surface area contributed by atoms with Gasteiger partial charge in [0.05, 0.1) is 0 Å². The van der Waals surface area contributed by atoms with E-state index in [2.05, 4.69) is 0 Å². The summed E-state index contributed by atoms with van der Waals surface area (Å²) in [6, 6.07) is 0. The monoisotopic (exact) mass is 258 g/mol. The minimum Gasteiger partial charge on any atom is -0.353 e. The van der Waals surface area contributed by atoms with Gasteiger partial charge in [-0.2, -0.15) is 0 Å². The Morgan fingerprint density at radius 3 is 2.69 bits per heavy atom. The van der Waals surface area contributed by atoms with Gasteiger partial charge in [-0.15, -0.1) is 4.55 Å². The molecule has 0 aliphatic carbocycles. The van der Waals surface area contributed by atoms with Gasteiger partial charge in [-0.1, -0.05) is 25.7 Å².